The molecule has 0 radical (unpaired) electrons. The maximum atomic E-state index is 13.0. The minimum Gasteiger partial charge on any atom is -0.356 e. The second-order valence-electron chi connectivity index (χ2n) is 7.24. The Hall–Kier alpha value is -2.02. The number of carbonyl (C=O) groups is 1. The van der Waals surface area contributed by atoms with Gasteiger partial charge in [-0.1, -0.05) is 38.3 Å². The molecule has 1 aromatic carbocycles. The summed E-state index contributed by atoms with van der Waals surface area (Å²) < 4.78 is 17.5. The molecule has 5 nitrogen and oxygen atoms in total. The van der Waals surface area contributed by atoms with Crippen molar-refractivity contribution in [2.24, 2.45) is 0 Å². The summed E-state index contributed by atoms with van der Waals surface area (Å²) in [6, 6.07) is 6.62. The molecule has 0 aliphatic carbocycles. The van der Waals surface area contributed by atoms with Gasteiger partial charge in [-0.3, -0.25) is 4.79 Å². The smallest absolute Gasteiger partial charge is 0.221 e. The van der Waals surface area contributed by atoms with Crippen LogP contribution in [0, 0.1) is 5.82 Å². The van der Waals surface area contributed by atoms with Crippen molar-refractivity contribution in [1.29, 1.82) is 0 Å². The number of rotatable bonds is 12. The molecule has 0 unspecified atom stereocenters. The van der Waals surface area contributed by atoms with Crippen LogP contribution in [0.1, 0.15) is 64.3 Å². The van der Waals surface area contributed by atoms with Crippen molar-refractivity contribution < 1.29 is 9.18 Å². The van der Waals surface area contributed by atoms with Crippen molar-refractivity contribution in [3.8, 4) is 0 Å². The van der Waals surface area contributed by atoms with E-state index in [0.29, 0.717) is 19.4 Å². The van der Waals surface area contributed by atoms with Gasteiger partial charge in [0.15, 0.2) is 0 Å². The molecule has 1 heterocycles. The highest BCUT2D eigenvalue weighted by atomic mass is 32.1. The first-order valence-electron chi connectivity index (χ1n) is 10.1. The lowest BCUT2D eigenvalue weighted by Gasteiger charge is -2.25. The van der Waals surface area contributed by atoms with Crippen molar-refractivity contribution in [2.75, 3.05) is 18.0 Å². The van der Waals surface area contributed by atoms with Crippen molar-refractivity contribution >= 4 is 22.6 Å². The van der Waals surface area contributed by atoms with Crippen LogP contribution in [0.25, 0.3) is 0 Å². The Kier molecular flexibility index (Phi) is 9.34. The first-order chi connectivity index (χ1) is 13.5. The number of aromatic nitrogens is 2. The zero-order chi connectivity index (χ0) is 20.4. The van der Waals surface area contributed by atoms with E-state index in [1.165, 1.54) is 36.5 Å². The summed E-state index contributed by atoms with van der Waals surface area (Å²) in [5, 5.41) is 3.82. The third-order valence-corrected chi connectivity index (χ3v) is 5.33. The van der Waals surface area contributed by atoms with E-state index in [4.69, 9.17) is 0 Å². The lowest BCUT2D eigenvalue weighted by atomic mass is 10.1. The number of nitrogens with zero attached hydrogens (tertiary/aromatic N) is 3. The molecule has 0 saturated heterocycles. The summed E-state index contributed by atoms with van der Waals surface area (Å²) in [6.07, 6.45) is 5.63. The van der Waals surface area contributed by atoms with Gasteiger partial charge in [-0.25, -0.2) is 9.37 Å². The van der Waals surface area contributed by atoms with Crippen LogP contribution < -0.4 is 10.2 Å². The Labute approximate surface area is 171 Å². The Morgan fingerprint density at radius 2 is 1.96 bits per heavy atom. The lowest BCUT2D eigenvalue weighted by molar-refractivity contribution is -0.120. The van der Waals surface area contributed by atoms with Gasteiger partial charge >= 0.3 is 0 Å². The number of amides is 1. The first-order valence-corrected chi connectivity index (χ1v) is 10.9. The molecule has 1 amide bonds. The van der Waals surface area contributed by atoms with Gasteiger partial charge in [-0.2, -0.15) is 4.37 Å². The van der Waals surface area contributed by atoms with Crippen LogP contribution in [-0.2, 0) is 11.2 Å². The van der Waals surface area contributed by atoms with E-state index in [1.807, 2.05) is 0 Å². The topological polar surface area (TPSA) is 58.1 Å². The zero-order valence-corrected chi connectivity index (χ0v) is 17.9. The van der Waals surface area contributed by atoms with Gasteiger partial charge in [-0.15, -0.1) is 0 Å². The number of halogens is 1. The summed E-state index contributed by atoms with van der Waals surface area (Å²) in [5.41, 5.74) is 0.976. The SMILES string of the molecule is CCCCCCNC(=O)CCN(c1nc(Cc2ccc(F)cc2)ns1)C(C)C. The molecule has 28 heavy (non-hydrogen) atoms. The molecule has 1 N–H and O–H groups in total. The summed E-state index contributed by atoms with van der Waals surface area (Å²) in [7, 11) is 0. The monoisotopic (exact) mass is 406 g/mol. The molecule has 0 atom stereocenters. The van der Waals surface area contributed by atoms with Gasteiger partial charge in [0, 0.05) is 43.5 Å². The average molecular weight is 407 g/mol. The van der Waals surface area contributed by atoms with Gasteiger partial charge in [0.2, 0.25) is 11.0 Å². The van der Waals surface area contributed by atoms with Crippen LogP contribution in [-0.4, -0.2) is 34.4 Å². The molecule has 0 bridgehead atoms. The van der Waals surface area contributed by atoms with Crippen molar-refractivity contribution in [3.63, 3.8) is 0 Å². The fraction of sp³-hybridized carbons (Fsp3) is 0.571. The van der Waals surface area contributed by atoms with E-state index in [0.717, 1.165) is 35.9 Å². The molecule has 1 aromatic heterocycles. The highest BCUT2D eigenvalue weighted by Gasteiger charge is 2.17. The Morgan fingerprint density at radius 1 is 1.21 bits per heavy atom. The minimum atomic E-state index is -0.245. The Morgan fingerprint density at radius 3 is 2.64 bits per heavy atom. The fourth-order valence-electron chi connectivity index (χ4n) is 2.88. The van der Waals surface area contributed by atoms with Crippen LogP contribution in [0.5, 0.6) is 0 Å². The molecule has 2 aromatic rings. The van der Waals surface area contributed by atoms with E-state index in [1.54, 1.807) is 12.1 Å². The molecule has 0 aliphatic heterocycles. The fourth-order valence-corrected chi connectivity index (χ4v) is 3.73. The van der Waals surface area contributed by atoms with Crippen LogP contribution in [0.15, 0.2) is 24.3 Å². The van der Waals surface area contributed by atoms with Crippen molar-refractivity contribution in [3.05, 3.63) is 41.5 Å². The quantitative estimate of drug-likeness (QED) is 0.525. The van der Waals surface area contributed by atoms with E-state index >= 15 is 0 Å². The normalized spacial score (nSPS) is 11.0. The standard InChI is InChI=1S/C21H31FN4OS/c1-4-5-6-7-13-23-20(27)12-14-26(16(2)3)21-24-19(25-28-21)15-17-8-10-18(22)11-9-17/h8-11,16H,4-7,12-15H2,1-3H3,(H,23,27). The van der Waals surface area contributed by atoms with Crippen LogP contribution in [0.3, 0.4) is 0 Å². The van der Waals surface area contributed by atoms with Gasteiger partial charge < -0.3 is 10.2 Å². The number of carbonyl (C=O) groups excluding carboxylic acids is 1. The first kappa shape index (κ1) is 22.3. The molecule has 0 spiro atoms. The Bertz CT molecular complexity index is 717. The van der Waals surface area contributed by atoms with Crippen molar-refractivity contribution in [1.82, 2.24) is 14.7 Å². The average Bonchev–Trinajstić information content (AvgIpc) is 3.11. The maximum Gasteiger partial charge on any atom is 0.221 e. The predicted octanol–water partition coefficient (Wildman–Crippen LogP) is 4.57. The summed E-state index contributed by atoms with van der Waals surface area (Å²) in [5.74, 6) is 0.557. The van der Waals surface area contributed by atoms with Gasteiger partial charge in [0.05, 0.1) is 0 Å². The third-order valence-electron chi connectivity index (χ3n) is 4.53. The second-order valence-corrected chi connectivity index (χ2v) is 7.97. The van der Waals surface area contributed by atoms with E-state index in [9.17, 15) is 9.18 Å². The van der Waals surface area contributed by atoms with Gasteiger partial charge in [-0.05, 0) is 38.0 Å². The van der Waals surface area contributed by atoms with Crippen LogP contribution in [0.2, 0.25) is 0 Å². The van der Waals surface area contributed by atoms with Crippen LogP contribution >= 0.6 is 11.5 Å². The molecule has 0 aliphatic rings. The van der Waals surface area contributed by atoms with Crippen LogP contribution in [0.4, 0.5) is 9.52 Å². The molecular weight excluding hydrogens is 375 g/mol. The summed E-state index contributed by atoms with van der Waals surface area (Å²) >= 11 is 1.35. The second kappa shape index (κ2) is 11.7. The minimum absolute atomic E-state index is 0.0817. The lowest BCUT2D eigenvalue weighted by Crippen LogP contribution is -2.35. The number of hydrogen-bond acceptors (Lipinski definition) is 5. The van der Waals surface area contributed by atoms with Crippen molar-refractivity contribution in [2.45, 2.75) is 65.3 Å². The highest BCUT2D eigenvalue weighted by molar-refractivity contribution is 7.09. The summed E-state index contributed by atoms with van der Waals surface area (Å²) in [6.45, 7) is 7.72. The number of unbranched alkanes of at least 4 members (excludes halogenated alkanes) is 3. The van der Waals surface area contributed by atoms with E-state index in [-0.39, 0.29) is 17.8 Å². The Balaban J connectivity index is 1.85. The van der Waals surface area contributed by atoms with Gasteiger partial charge in [0.1, 0.15) is 11.6 Å². The molecule has 0 saturated carbocycles. The molecule has 2 rings (SSSR count). The van der Waals surface area contributed by atoms with E-state index < -0.39 is 0 Å². The number of hydrogen-bond donors (Lipinski definition) is 1. The largest absolute Gasteiger partial charge is 0.356 e. The summed E-state index contributed by atoms with van der Waals surface area (Å²) in [4.78, 5) is 18.9. The third kappa shape index (κ3) is 7.54. The highest BCUT2D eigenvalue weighted by Crippen LogP contribution is 2.21. The van der Waals surface area contributed by atoms with E-state index in [2.05, 4.69) is 40.3 Å². The molecular formula is C21H31FN4OS. The molecule has 7 heteroatoms. The zero-order valence-electron chi connectivity index (χ0n) is 17.1. The predicted molar refractivity (Wildman–Crippen MR) is 113 cm³/mol. The number of benzene rings is 1. The van der Waals surface area contributed by atoms with Gasteiger partial charge in [0.25, 0.3) is 0 Å². The maximum absolute atomic E-state index is 13.0. The molecule has 0 fully saturated rings. The molecule has 154 valence electrons. The number of anilines is 1. The number of nitrogens with one attached hydrogen (secondary N) is 1.